The molecule has 162 valence electrons. The molecule has 2 nitrogen and oxygen atoms in total. The van der Waals surface area contributed by atoms with Crippen LogP contribution in [0, 0.1) is 6.92 Å². The topological polar surface area (TPSA) is 34.1 Å². The maximum atomic E-state index is 12.5. The minimum absolute atomic E-state index is 0.160. The van der Waals surface area contributed by atoms with Crippen molar-refractivity contribution >= 4 is 9.84 Å². The zero-order chi connectivity index (χ0) is 22.4. The van der Waals surface area contributed by atoms with Gasteiger partial charge in [0.05, 0.1) is 10.6 Å². The molecule has 2 aromatic rings. The number of sulfone groups is 1. The highest BCUT2D eigenvalue weighted by atomic mass is 32.2. The molecule has 0 N–H and O–H groups in total. The number of hydrogen-bond acceptors (Lipinski definition) is 2. The van der Waals surface area contributed by atoms with Gasteiger partial charge in [0.15, 0.2) is 9.84 Å². The summed E-state index contributed by atoms with van der Waals surface area (Å²) in [7, 11) is -3.19. The highest BCUT2D eigenvalue weighted by Crippen LogP contribution is 2.35. The number of rotatable bonds is 6. The van der Waals surface area contributed by atoms with Gasteiger partial charge in [-0.15, -0.1) is 0 Å². The Labute approximate surface area is 179 Å². The summed E-state index contributed by atoms with van der Waals surface area (Å²) in [4.78, 5) is 0.578. The highest BCUT2D eigenvalue weighted by Gasteiger charge is 2.25. The van der Waals surface area contributed by atoms with E-state index >= 15 is 0 Å². The Morgan fingerprint density at radius 3 is 1.52 bits per heavy atom. The van der Waals surface area contributed by atoms with E-state index in [-0.39, 0.29) is 17.6 Å². The van der Waals surface area contributed by atoms with Crippen molar-refractivity contribution in [1.82, 2.24) is 0 Å². The van der Waals surface area contributed by atoms with Gasteiger partial charge in [0.25, 0.3) is 0 Å². The minimum atomic E-state index is -3.19. The minimum Gasteiger partial charge on any atom is -0.224 e. The van der Waals surface area contributed by atoms with Gasteiger partial charge in [0.2, 0.25) is 0 Å². The molecular formula is C26H40O2S. The van der Waals surface area contributed by atoms with Gasteiger partial charge in [0, 0.05) is 0 Å². The first-order chi connectivity index (χ1) is 13.4. The third-order valence-electron chi connectivity index (χ3n) is 5.30. The van der Waals surface area contributed by atoms with E-state index in [1.807, 2.05) is 0 Å². The van der Waals surface area contributed by atoms with Crippen LogP contribution in [0.15, 0.2) is 41.3 Å². The van der Waals surface area contributed by atoms with Crippen molar-refractivity contribution in [2.45, 2.75) is 91.4 Å². The van der Waals surface area contributed by atoms with Crippen LogP contribution in [0.4, 0.5) is 0 Å². The van der Waals surface area contributed by atoms with Gasteiger partial charge in [-0.05, 0) is 53.4 Å². The molecule has 2 aromatic carbocycles. The van der Waals surface area contributed by atoms with Crippen LogP contribution < -0.4 is 0 Å². The van der Waals surface area contributed by atoms with Crippen LogP contribution in [0.5, 0.6) is 0 Å². The summed E-state index contributed by atoms with van der Waals surface area (Å²) in [5.41, 5.74) is 5.93. The van der Waals surface area contributed by atoms with Crippen LogP contribution in [-0.4, -0.2) is 14.2 Å². The molecule has 0 atom stereocenters. The van der Waals surface area contributed by atoms with E-state index in [4.69, 9.17) is 0 Å². The van der Waals surface area contributed by atoms with Gasteiger partial charge in [0.1, 0.15) is 0 Å². The van der Waals surface area contributed by atoms with Crippen molar-refractivity contribution in [2.75, 3.05) is 5.75 Å². The Kier molecular flexibility index (Phi) is 9.61. The molecule has 0 aromatic heterocycles. The summed E-state index contributed by atoms with van der Waals surface area (Å²) in [6.07, 6.45) is 1.14. The number of hydrogen-bond donors (Lipinski definition) is 0. The summed E-state index contributed by atoms with van der Waals surface area (Å²) in [6, 6.07) is 12.8. The Morgan fingerprint density at radius 2 is 1.21 bits per heavy atom. The molecule has 0 saturated carbocycles. The average molecular weight is 417 g/mol. The first-order valence-electron chi connectivity index (χ1n) is 10.9. The molecule has 0 aliphatic carbocycles. The molecule has 0 bridgehead atoms. The molecule has 29 heavy (non-hydrogen) atoms. The second-order valence-electron chi connectivity index (χ2n) is 8.74. The molecule has 0 saturated heterocycles. The lowest BCUT2D eigenvalue weighted by molar-refractivity contribution is 0.591. The molecule has 0 aliphatic rings. The van der Waals surface area contributed by atoms with E-state index in [2.05, 4.69) is 91.8 Å². The summed E-state index contributed by atoms with van der Waals surface area (Å²) >= 11 is 0. The van der Waals surface area contributed by atoms with Gasteiger partial charge >= 0.3 is 0 Å². The fraction of sp³-hybridized carbons (Fsp3) is 0.538. The van der Waals surface area contributed by atoms with E-state index in [0.29, 0.717) is 10.8 Å². The van der Waals surface area contributed by atoms with E-state index in [1.54, 1.807) is 6.92 Å². The third kappa shape index (κ3) is 6.99. The molecule has 0 heterocycles. The molecule has 2 rings (SSSR count). The first-order valence-corrected chi connectivity index (χ1v) is 12.6. The van der Waals surface area contributed by atoms with Gasteiger partial charge in [-0.3, -0.25) is 0 Å². The van der Waals surface area contributed by atoms with Crippen LogP contribution in [0.1, 0.15) is 101 Å². The van der Waals surface area contributed by atoms with E-state index < -0.39 is 9.84 Å². The lowest BCUT2D eigenvalue weighted by atomic mass is 9.89. The highest BCUT2D eigenvalue weighted by molar-refractivity contribution is 7.91. The average Bonchev–Trinajstić information content (AvgIpc) is 2.67. The van der Waals surface area contributed by atoms with Crippen LogP contribution in [0.2, 0.25) is 0 Å². The summed E-state index contributed by atoms with van der Waals surface area (Å²) in [5.74, 6) is 0.987. The maximum absolute atomic E-state index is 12.5. The largest absolute Gasteiger partial charge is 0.224 e. The molecule has 0 spiro atoms. The summed E-state index contributed by atoms with van der Waals surface area (Å²) in [6.45, 7) is 18.6. The summed E-state index contributed by atoms with van der Waals surface area (Å²) < 4.78 is 25.1. The smallest absolute Gasteiger partial charge is 0.178 e. The van der Waals surface area contributed by atoms with Crippen molar-refractivity contribution < 1.29 is 8.42 Å². The van der Waals surface area contributed by atoms with E-state index in [1.165, 1.54) is 16.7 Å². The zero-order valence-corrected chi connectivity index (χ0v) is 20.7. The van der Waals surface area contributed by atoms with Crippen molar-refractivity contribution in [3.8, 4) is 0 Å². The molecule has 3 heteroatoms. The maximum Gasteiger partial charge on any atom is 0.178 e. The standard InChI is InChI=1S/C17H28O2S.C9H12/c1-8-20(18,19)17-15(12(4)5)9-14(11(2)3)10-16(17)13(6)7;1-3-9-6-4-8(2)5-7-9/h9-13H,8H2,1-7H3;4-7H,3H2,1-2H3. The van der Waals surface area contributed by atoms with Crippen LogP contribution in [0.25, 0.3) is 0 Å². The molecule has 0 aliphatic heterocycles. The lowest BCUT2D eigenvalue weighted by Crippen LogP contribution is -2.14. The molecular weight excluding hydrogens is 376 g/mol. The Bertz CT molecular complexity index is 844. The molecule has 0 amide bonds. The first kappa shape index (κ1) is 25.4. The normalized spacial score (nSPS) is 11.7. The second-order valence-corrected chi connectivity index (χ2v) is 11.0. The molecule has 0 radical (unpaired) electrons. The van der Waals surface area contributed by atoms with Gasteiger partial charge in [-0.1, -0.05) is 97.4 Å². The molecule has 0 fully saturated rings. The van der Waals surface area contributed by atoms with Crippen LogP contribution in [0.3, 0.4) is 0 Å². The van der Waals surface area contributed by atoms with Crippen LogP contribution in [-0.2, 0) is 16.3 Å². The van der Waals surface area contributed by atoms with E-state index in [9.17, 15) is 8.42 Å². The predicted octanol–water partition coefficient (Wildman–Crippen LogP) is 7.41. The fourth-order valence-corrected chi connectivity index (χ4v) is 4.81. The number of aryl methyl sites for hydroxylation is 2. The van der Waals surface area contributed by atoms with Crippen molar-refractivity contribution in [1.29, 1.82) is 0 Å². The lowest BCUT2D eigenvalue weighted by Gasteiger charge is -2.22. The van der Waals surface area contributed by atoms with E-state index in [0.717, 1.165) is 17.5 Å². The predicted molar refractivity (Wildman–Crippen MR) is 127 cm³/mol. The van der Waals surface area contributed by atoms with Crippen molar-refractivity contribution in [2.24, 2.45) is 0 Å². The third-order valence-corrected chi connectivity index (χ3v) is 7.15. The Morgan fingerprint density at radius 1 is 0.759 bits per heavy atom. The van der Waals surface area contributed by atoms with Gasteiger partial charge in [-0.25, -0.2) is 8.42 Å². The Balaban J connectivity index is 0.000000387. The van der Waals surface area contributed by atoms with Gasteiger partial charge in [-0.2, -0.15) is 0 Å². The SMILES string of the molecule is CCS(=O)(=O)c1c(C(C)C)cc(C(C)C)cc1C(C)C.CCc1ccc(C)cc1. The van der Waals surface area contributed by atoms with Crippen molar-refractivity contribution in [3.63, 3.8) is 0 Å². The van der Waals surface area contributed by atoms with Crippen LogP contribution >= 0.6 is 0 Å². The second kappa shape index (κ2) is 11.0. The monoisotopic (exact) mass is 416 g/mol. The fourth-order valence-electron chi connectivity index (χ4n) is 3.22. The zero-order valence-electron chi connectivity index (χ0n) is 19.8. The van der Waals surface area contributed by atoms with Gasteiger partial charge < -0.3 is 0 Å². The van der Waals surface area contributed by atoms with Crippen molar-refractivity contribution in [3.05, 3.63) is 64.2 Å². The Hall–Kier alpha value is -1.61. The molecule has 0 unspecified atom stereocenters. The number of benzene rings is 2. The summed E-state index contributed by atoms with van der Waals surface area (Å²) in [5, 5.41) is 0. The quantitative estimate of drug-likeness (QED) is 0.491.